The summed E-state index contributed by atoms with van der Waals surface area (Å²) in [6, 6.07) is 0. The lowest BCUT2D eigenvalue weighted by atomic mass is 10.1. The number of hydrogen-bond acceptors (Lipinski definition) is 8. The molecule has 0 spiro atoms. The van der Waals surface area contributed by atoms with E-state index < -0.39 is 23.9 Å². The molecule has 0 amide bonds. The predicted molar refractivity (Wildman–Crippen MR) is 87.6 cm³/mol. The molecule has 2 unspecified atom stereocenters. The maximum Gasteiger partial charge on any atom is 0.341 e. The van der Waals surface area contributed by atoms with Gasteiger partial charge in [-0.1, -0.05) is 13.2 Å². The Kier molecular flexibility index (Phi) is 6.99. The Labute approximate surface area is 150 Å². The van der Waals surface area contributed by atoms with Crippen molar-refractivity contribution in [3.8, 4) is 0 Å². The molecule has 2 saturated heterocycles. The van der Waals surface area contributed by atoms with E-state index in [1.54, 1.807) is 0 Å². The Hall–Kier alpha value is -2.58. The molecule has 2 rings (SSSR count). The van der Waals surface area contributed by atoms with Gasteiger partial charge in [-0.2, -0.15) is 0 Å². The first kappa shape index (κ1) is 19.7. The topological polar surface area (TPSA) is 112 Å². The minimum atomic E-state index is -1.06. The molecule has 8 nitrogen and oxygen atoms in total. The van der Waals surface area contributed by atoms with Gasteiger partial charge in [-0.3, -0.25) is 0 Å². The maximum absolute atomic E-state index is 11.6. The lowest BCUT2D eigenvalue weighted by Crippen LogP contribution is -2.15. The standard InChI is InChI=1S/C18H20O8/c1-11(3-5-13-9-23-13)17(21)25-15(19)7-8-16(20)26-18(22)12(2)4-6-14-10-24-14/h7-8,13-14H,1-6,9-10H2/b8-7-. The van der Waals surface area contributed by atoms with E-state index in [2.05, 4.69) is 22.6 Å². The van der Waals surface area contributed by atoms with E-state index in [0.717, 1.165) is 0 Å². The van der Waals surface area contributed by atoms with Crippen LogP contribution >= 0.6 is 0 Å². The van der Waals surface area contributed by atoms with Gasteiger partial charge in [0, 0.05) is 23.3 Å². The van der Waals surface area contributed by atoms with Crippen LogP contribution in [0.3, 0.4) is 0 Å². The molecule has 0 aromatic heterocycles. The van der Waals surface area contributed by atoms with Crippen LogP contribution < -0.4 is 0 Å². The summed E-state index contributed by atoms with van der Waals surface area (Å²) in [4.78, 5) is 46.2. The summed E-state index contributed by atoms with van der Waals surface area (Å²) in [5, 5.41) is 0. The SMILES string of the molecule is C=C(CCC1CO1)C(=O)OC(=O)/C=C\C(=O)OC(=O)C(=C)CCC1CO1. The fourth-order valence-corrected chi connectivity index (χ4v) is 1.88. The highest BCUT2D eigenvalue weighted by molar-refractivity contribution is 6.03. The van der Waals surface area contributed by atoms with Crippen LogP contribution in [-0.2, 0) is 38.1 Å². The second-order valence-electron chi connectivity index (χ2n) is 5.95. The molecule has 26 heavy (non-hydrogen) atoms. The minimum absolute atomic E-state index is 0.133. The van der Waals surface area contributed by atoms with Crippen LogP contribution in [0.5, 0.6) is 0 Å². The van der Waals surface area contributed by atoms with Gasteiger partial charge in [0.15, 0.2) is 0 Å². The van der Waals surface area contributed by atoms with Crippen LogP contribution in [-0.4, -0.2) is 49.3 Å². The molecule has 140 valence electrons. The molecule has 2 aliphatic rings. The Morgan fingerprint density at radius 2 is 1.15 bits per heavy atom. The summed E-state index contributed by atoms with van der Waals surface area (Å²) in [5.41, 5.74) is 0.270. The van der Waals surface area contributed by atoms with E-state index in [-0.39, 0.29) is 23.4 Å². The zero-order valence-corrected chi connectivity index (χ0v) is 14.2. The first-order valence-electron chi connectivity index (χ1n) is 8.14. The molecular weight excluding hydrogens is 344 g/mol. The second-order valence-corrected chi connectivity index (χ2v) is 5.95. The lowest BCUT2D eigenvalue weighted by Gasteiger charge is -2.03. The summed E-state index contributed by atoms with van der Waals surface area (Å²) >= 11 is 0. The smallest absolute Gasteiger partial charge is 0.341 e. The van der Waals surface area contributed by atoms with Crippen LogP contribution in [0.25, 0.3) is 0 Å². The molecule has 2 heterocycles. The molecule has 0 saturated carbocycles. The number of hydrogen-bond donors (Lipinski definition) is 0. The highest BCUT2D eigenvalue weighted by Crippen LogP contribution is 2.19. The molecule has 0 aromatic carbocycles. The van der Waals surface area contributed by atoms with Gasteiger partial charge in [0.1, 0.15) is 0 Å². The van der Waals surface area contributed by atoms with Crippen LogP contribution in [0.1, 0.15) is 25.7 Å². The highest BCUT2D eigenvalue weighted by Gasteiger charge is 2.24. The summed E-state index contributed by atoms with van der Waals surface area (Å²) in [7, 11) is 0. The van der Waals surface area contributed by atoms with E-state index in [1.165, 1.54) is 0 Å². The fourth-order valence-electron chi connectivity index (χ4n) is 1.88. The van der Waals surface area contributed by atoms with Crippen molar-refractivity contribution in [3.63, 3.8) is 0 Å². The summed E-state index contributed by atoms with van der Waals surface area (Å²) in [6.45, 7) is 8.39. The quantitative estimate of drug-likeness (QED) is 0.246. The number of rotatable bonds is 10. The maximum atomic E-state index is 11.6. The first-order valence-corrected chi connectivity index (χ1v) is 8.14. The average molecular weight is 364 g/mol. The second kappa shape index (κ2) is 9.21. The molecule has 2 fully saturated rings. The molecule has 8 heteroatoms. The van der Waals surface area contributed by atoms with Gasteiger partial charge < -0.3 is 18.9 Å². The normalized spacial score (nSPS) is 20.3. The van der Waals surface area contributed by atoms with Crippen LogP contribution in [0, 0.1) is 0 Å². The van der Waals surface area contributed by atoms with Crippen molar-refractivity contribution in [1.29, 1.82) is 0 Å². The number of ether oxygens (including phenoxy) is 4. The van der Waals surface area contributed by atoms with Crippen molar-refractivity contribution in [2.45, 2.75) is 37.9 Å². The van der Waals surface area contributed by atoms with Gasteiger partial charge in [-0.25, -0.2) is 19.2 Å². The lowest BCUT2D eigenvalue weighted by molar-refractivity contribution is -0.156. The van der Waals surface area contributed by atoms with Gasteiger partial charge in [0.05, 0.1) is 25.4 Å². The molecule has 0 aliphatic carbocycles. The van der Waals surface area contributed by atoms with Gasteiger partial charge in [-0.15, -0.1) is 0 Å². The van der Waals surface area contributed by atoms with Crippen molar-refractivity contribution >= 4 is 23.9 Å². The van der Waals surface area contributed by atoms with Gasteiger partial charge in [-0.05, 0) is 25.7 Å². The number of esters is 4. The van der Waals surface area contributed by atoms with E-state index in [0.29, 0.717) is 51.0 Å². The molecule has 0 N–H and O–H groups in total. The molecular formula is C18H20O8. The summed E-state index contributed by atoms with van der Waals surface area (Å²) < 4.78 is 19.0. The van der Waals surface area contributed by atoms with Gasteiger partial charge in [0.2, 0.25) is 0 Å². The third kappa shape index (κ3) is 7.54. The van der Waals surface area contributed by atoms with Crippen molar-refractivity contribution in [1.82, 2.24) is 0 Å². The van der Waals surface area contributed by atoms with E-state index in [1.807, 2.05) is 0 Å². The highest BCUT2D eigenvalue weighted by atomic mass is 16.6. The zero-order chi connectivity index (χ0) is 19.1. The fraction of sp³-hybridized carbons (Fsp3) is 0.444. The van der Waals surface area contributed by atoms with Crippen molar-refractivity contribution in [2.24, 2.45) is 0 Å². The third-order valence-electron chi connectivity index (χ3n) is 3.66. The van der Waals surface area contributed by atoms with Crippen molar-refractivity contribution < 1.29 is 38.1 Å². The van der Waals surface area contributed by atoms with Crippen LogP contribution in [0.15, 0.2) is 36.5 Å². The summed E-state index contributed by atoms with van der Waals surface area (Å²) in [5.74, 6) is -3.87. The van der Waals surface area contributed by atoms with Gasteiger partial charge >= 0.3 is 23.9 Å². The first-order chi connectivity index (χ1) is 12.3. The molecule has 0 bridgehead atoms. The molecule has 0 aromatic rings. The van der Waals surface area contributed by atoms with E-state index in [4.69, 9.17) is 9.47 Å². The van der Waals surface area contributed by atoms with Crippen molar-refractivity contribution in [3.05, 3.63) is 36.5 Å². The molecule has 2 atom stereocenters. The van der Waals surface area contributed by atoms with E-state index in [9.17, 15) is 19.2 Å². The third-order valence-corrected chi connectivity index (χ3v) is 3.66. The van der Waals surface area contributed by atoms with Crippen LogP contribution in [0.2, 0.25) is 0 Å². The van der Waals surface area contributed by atoms with Crippen molar-refractivity contribution in [2.75, 3.05) is 13.2 Å². The number of carbonyl (C=O) groups excluding carboxylic acids is 4. The average Bonchev–Trinajstić information content (AvgIpc) is 3.49. The Morgan fingerprint density at radius 3 is 1.46 bits per heavy atom. The Balaban J connectivity index is 1.65. The monoisotopic (exact) mass is 364 g/mol. The Morgan fingerprint density at radius 1 is 0.808 bits per heavy atom. The Bertz CT molecular complexity index is 596. The van der Waals surface area contributed by atoms with Gasteiger partial charge in [0.25, 0.3) is 0 Å². The minimum Gasteiger partial charge on any atom is -0.386 e. The van der Waals surface area contributed by atoms with Crippen LogP contribution in [0.4, 0.5) is 0 Å². The predicted octanol–water partition coefficient (Wildman–Crippen LogP) is 1.15. The number of epoxide rings is 2. The largest absolute Gasteiger partial charge is 0.386 e. The number of carbonyl (C=O) groups is 4. The molecule has 0 radical (unpaired) electrons. The summed E-state index contributed by atoms with van der Waals surface area (Å²) in [6.07, 6.45) is 3.63. The van der Waals surface area contributed by atoms with E-state index >= 15 is 0 Å². The molecule has 2 aliphatic heterocycles. The zero-order valence-electron chi connectivity index (χ0n) is 14.2.